The average Bonchev–Trinajstić information content (AvgIpc) is 2.14. The molecule has 0 saturated heterocycles. The van der Waals surface area contributed by atoms with Crippen LogP contribution in [0.25, 0.3) is 0 Å². The summed E-state index contributed by atoms with van der Waals surface area (Å²) in [5.74, 6) is 0. The summed E-state index contributed by atoms with van der Waals surface area (Å²) >= 11 is 0. The Morgan fingerprint density at radius 1 is 0.938 bits per heavy atom. The molecule has 0 saturated carbocycles. The summed E-state index contributed by atoms with van der Waals surface area (Å²) in [6.07, 6.45) is 9.22. The normalized spacial score (nSPS) is 11.2. The Balaban J connectivity index is 0. The monoisotopic (exact) mass is 277 g/mol. The molecule has 92 valence electrons. The van der Waals surface area contributed by atoms with Gasteiger partial charge in [-0.15, -0.1) is 0 Å². The van der Waals surface area contributed by atoms with Crippen molar-refractivity contribution in [1.29, 1.82) is 0 Å². The molecule has 0 bridgehead atoms. The third kappa shape index (κ3) is 18.1. The number of phosphoric ester groups is 1. The molecule has 0 atom stereocenters. The summed E-state index contributed by atoms with van der Waals surface area (Å²) < 4.78 is 14.7. The second-order valence-corrected chi connectivity index (χ2v) is 5.04. The summed E-state index contributed by atoms with van der Waals surface area (Å²) in [5, 5.41) is 0. The minimum absolute atomic E-state index is 0. The SMILES string of the molecule is CCCCCCCCCCOP(=O)(O)O.[K+]. The first-order valence-corrected chi connectivity index (χ1v) is 7.29. The Morgan fingerprint density at radius 3 is 1.81 bits per heavy atom. The zero-order chi connectivity index (χ0) is 11.6. The van der Waals surface area contributed by atoms with Gasteiger partial charge < -0.3 is 9.79 Å². The van der Waals surface area contributed by atoms with Gasteiger partial charge in [0.1, 0.15) is 0 Å². The molecule has 6 heteroatoms. The summed E-state index contributed by atoms with van der Waals surface area (Å²) in [7, 11) is -4.24. The summed E-state index contributed by atoms with van der Waals surface area (Å²) in [4.78, 5) is 16.8. The smallest absolute Gasteiger partial charge is 0.303 e. The molecule has 0 aliphatic heterocycles. The molecule has 0 heterocycles. The molecular formula is C10H23KO4P+. The Bertz CT molecular complexity index is 184. The van der Waals surface area contributed by atoms with Crippen LogP contribution in [0.1, 0.15) is 58.3 Å². The molecule has 0 aromatic carbocycles. The van der Waals surface area contributed by atoms with Gasteiger partial charge in [-0.3, -0.25) is 4.52 Å². The molecule has 0 spiro atoms. The Morgan fingerprint density at radius 2 is 1.38 bits per heavy atom. The van der Waals surface area contributed by atoms with E-state index in [4.69, 9.17) is 9.79 Å². The van der Waals surface area contributed by atoms with Gasteiger partial charge in [0.25, 0.3) is 0 Å². The number of phosphoric acid groups is 1. The molecule has 16 heavy (non-hydrogen) atoms. The summed E-state index contributed by atoms with van der Waals surface area (Å²) in [6, 6.07) is 0. The predicted octanol–water partition coefficient (Wildman–Crippen LogP) is 0.240. The van der Waals surface area contributed by atoms with Crippen molar-refractivity contribution in [2.45, 2.75) is 58.3 Å². The number of hydrogen-bond donors (Lipinski definition) is 2. The van der Waals surface area contributed by atoms with E-state index in [9.17, 15) is 4.57 Å². The van der Waals surface area contributed by atoms with Crippen LogP contribution in [0.15, 0.2) is 0 Å². The van der Waals surface area contributed by atoms with Crippen molar-refractivity contribution in [3.63, 3.8) is 0 Å². The van der Waals surface area contributed by atoms with E-state index in [2.05, 4.69) is 11.4 Å². The Kier molecular flexibility index (Phi) is 16.5. The third-order valence-corrected chi connectivity index (χ3v) is 2.78. The largest absolute Gasteiger partial charge is 1.00 e. The van der Waals surface area contributed by atoms with Crippen LogP contribution in [0.2, 0.25) is 0 Å². The van der Waals surface area contributed by atoms with Gasteiger partial charge in [-0.25, -0.2) is 4.57 Å². The fourth-order valence-electron chi connectivity index (χ4n) is 1.42. The van der Waals surface area contributed by atoms with E-state index >= 15 is 0 Å². The van der Waals surface area contributed by atoms with Crippen LogP contribution in [0.3, 0.4) is 0 Å². The standard InChI is InChI=1S/C10H23O4P.K/c1-2-3-4-5-6-7-8-9-10-14-15(11,12)13;/h2-10H2,1H3,(H2,11,12,13);/q;+1. The van der Waals surface area contributed by atoms with Crippen LogP contribution in [0.4, 0.5) is 0 Å². The molecule has 0 unspecified atom stereocenters. The maximum Gasteiger partial charge on any atom is 1.00 e. The van der Waals surface area contributed by atoms with Gasteiger partial charge in [0.15, 0.2) is 0 Å². The zero-order valence-electron chi connectivity index (χ0n) is 10.5. The molecule has 0 aromatic rings. The van der Waals surface area contributed by atoms with Gasteiger partial charge in [0, 0.05) is 0 Å². The molecule has 0 aromatic heterocycles. The van der Waals surface area contributed by atoms with E-state index in [0.29, 0.717) is 0 Å². The second-order valence-electron chi connectivity index (χ2n) is 3.80. The van der Waals surface area contributed by atoms with Crippen LogP contribution >= 0.6 is 7.82 Å². The molecule has 0 amide bonds. The molecule has 4 nitrogen and oxygen atoms in total. The fraction of sp³-hybridized carbons (Fsp3) is 1.00. The number of unbranched alkanes of at least 4 members (excludes halogenated alkanes) is 7. The van der Waals surface area contributed by atoms with Crippen LogP contribution < -0.4 is 51.4 Å². The van der Waals surface area contributed by atoms with Gasteiger partial charge in [0.05, 0.1) is 6.61 Å². The van der Waals surface area contributed by atoms with Crippen molar-refractivity contribution in [3.05, 3.63) is 0 Å². The van der Waals surface area contributed by atoms with Crippen molar-refractivity contribution in [1.82, 2.24) is 0 Å². The van der Waals surface area contributed by atoms with Crippen LogP contribution in [-0.2, 0) is 9.09 Å². The molecule has 0 rings (SSSR count). The topological polar surface area (TPSA) is 66.8 Å². The van der Waals surface area contributed by atoms with Crippen molar-refractivity contribution in [2.24, 2.45) is 0 Å². The van der Waals surface area contributed by atoms with Crippen LogP contribution in [-0.4, -0.2) is 16.4 Å². The fourth-order valence-corrected chi connectivity index (χ4v) is 1.79. The quantitative estimate of drug-likeness (QED) is 0.341. The van der Waals surface area contributed by atoms with Crippen molar-refractivity contribution in [2.75, 3.05) is 6.61 Å². The minimum Gasteiger partial charge on any atom is -0.303 e. The maximum atomic E-state index is 10.3. The minimum atomic E-state index is -4.24. The van der Waals surface area contributed by atoms with E-state index in [1.54, 1.807) is 0 Å². The molecular weight excluding hydrogens is 254 g/mol. The Labute approximate surface area is 141 Å². The van der Waals surface area contributed by atoms with Crippen molar-refractivity contribution in [3.8, 4) is 0 Å². The second kappa shape index (κ2) is 13.2. The van der Waals surface area contributed by atoms with Crippen molar-refractivity contribution >= 4 is 7.82 Å². The van der Waals surface area contributed by atoms with E-state index in [-0.39, 0.29) is 58.0 Å². The van der Waals surface area contributed by atoms with Crippen molar-refractivity contribution < 1.29 is 70.3 Å². The summed E-state index contributed by atoms with van der Waals surface area (Å²) in [6.45, 7) is 2.36. The van der Waals surface area contributed by atoms with E-state index < -0.39 is 7.82 Å². The average molecular weight is 277 g/mol. The number of hydrogen-bond acceptors (Lipinski definition) is 2. The zero-order valence-corrected chi connectivity index (χ0v) is 14.5. The van der Waals surface area contributed by atoms with Gasteiger partial charge in [-0.2, -0.15) is 0 Å². The first-order chi connectivity index (χ1) is 7.06. The number of rotatable bonds is 10. The third-order valence-electron chi connectivity index (χ3n) is 2.26. The van der Waals surface area contributed by atoms with Gasteiger partial charge in [-0.1, -0.05) is 51.9 Å². The predicted molar refractivity (Wildman–Crippen MR) is 60.6 cm³/mol. The van der Waals surface area contributed by atoms with Gasteiger partial charge in [-0.05, 0) is 6.42 Å². The maximum absolute atomic E-state index is 10.3. The van der Waals surface area contributed by atoms with Gasteiger partial charge in [0.2, 0.25) is 0 Å². The van der Waals surface area contributed by atoms with Gasteiger partial charge >= 0.3 is 59.2 Å². The van der Waals surface area contributed by atoms with E-state index in [1.807, 2.05) is 0 Å². The van der Waals surface area contributed by atoms with Crippen LogP contribution in [0, 0.1) is 0 Å². The molecule has 0 aliphatic carbocycles. The van der Waals surface area contributed by atoms with E-state index in [1.165, 1.54) is 32.1 Å². The van der Waals surface area contributed by atoms with E-state index in [0.717, 1.165) is 19.3 Å². The van der Waals surface area contributed by atoms with Crippen LogP contribution in [0.5, 0.6) is 0 Å². The molecule has 0 fully saturated rings. The Hall–Kier alpha value is 1.75. The molecule has 0 radical (unpaired) electrons. The summed E-state index contributed by atoms with van der Waals surface area (Å²) in [5.41, 5.74) is 0. The first-order valence-electron chi connectivity index (χ1n) is 5.76. The molecule has 2 N–H and O–H groups in total. The molecule has 0 aliphatic rings. The first kappa shape index (κ1) is 20.1.